The van der Waals surface area contributed by atoms with Crippen LogP contribution in [0.1, 0.15) is 21.5 Å². The van der Waals surface area contributed by atoms with Crippen LogP contribution in [0.15, 0.2) is 65.3 Å². The van der Waals surface area contributed by atoms with E-state index in [1.807, 2.05) is 0 Å². The molecule has 0 radical (unpaired) electrons. The average Bonchev–Trinajstić information content (AvgIpc) is 2.54. The maximum atomic E-state index is 12.5. The van der Waals surface area contributed by atoms with Gasteiger partial charge in [0.2, 0.25) is 5.78 Å². The number of allylic oxidation sites excluding steroid dienone is 1. The van der Waals surface area contributed by atoms with Crippen LogP contribution >= 0.6 is 12.2 Å². The zero-order valence-electron chi connectivity index (χ0n) is 11.7. The number of isothiocyanates is 1. The van der Waals surface area contributed by atoms with Gasteiger partial charge in [-0.25, -0.2) is 0 Å². The molecule has 0 amide bonds. The second-order valence-corrected chi connectivity index (χ2v) is 4.73. The van der Waals surface area contributed by atoms with Gasteiger partial charge in [-0.15, -0.1) is 0 Å². The lowest BCUT2D eigenvalue weighted by atomic mass is 10.1. The minimum absolute atomic E-state index is 0.00552. The van der Waals surface area contributed by atoms with Crippen molar-refractivity contribution < 1.29 is 18.0 Å². The second kappa shape index (κ2) is 7.13. The normalized spacial score (nSPS) is 11.7. The van der Waals surface area contributed by atoms with Gasteiger partial charge < -0.3 is 0 Å². The van der Waals surface area contributed by atoms with Gasteiger partial charge in [-0.2, -0.15) is 18.2 Å². The Hall–Kier alpha value is -2.56. The van der Waals surface area contributed by atoms with Crippen LogP contribution in [0.3, 0.4) is 0 Å². The predicted molar refractivity (Wildman–Crippen MR) is 85.2 cm³/mol. The summed E-state index contributed by atoms with van der Waals surface area (Å²) in [6.07, 6.45) is -3.04. The van der Waals surface area contributed by atoms with Crippen LogP contribution in [0.25, 0.3) is 6.08 Å². The first-order chi connectivity index (χ1) is 10.9. The number of aliphatic imine (C=N–C) groups is 1. The molecule has 0 fully saturated rings. The average molecular weight is 333 g/mol. The van der Waals surface area contributed by atoms with Gasteiger partial charge in [0.05, 0.1) is 10.7 Å². The van der Waals surface area contributed by atoms with E-state index in [-0.39, 0.29) is 11.5 Å². The number of halogens is 3. The van der Waals surface area contributed by atoms with Gasteiger partial charge >= 0.3 is 6.18 Å². The lowest BCUT2D eigenvalue weighted by Gasteiger charge is -2.06. The minimum Gasteiger partial charge on any atom is -0.287 e. The van der Waals surface area contributed by atoms with Crippen molar-refractivity contribution in [2.75, 3.05) is 0 Å². The summed E-state index contributed by atoms with van der Waals surface area (Å²) in [5.41, 5.74) is 0.0563. The molecule has 2 aromatic rings. The van der Waals surface area contributed by atoms with E-state index in [1.54, 1.807) is 30.3 Å². The summed E-state index contributed by atoms with van der Waals surface area (Å²) in [6, 6.07) is 12.8. The number of nitrogens with zero attached hydrogens (tertiary/aromatic N) is 1. The van der Waals surface area contributed by atoms with Crippen molar-refractivity contribution in [2.45, 2.75) is 6.18 Å². The highest BCUT2D eigenvalue weighted by Gasteiger charge is 2.29. The number of ketones is 1. The van der Waals surface area contributed by atoms with Crippen molar-refractivity contribution in [3.8, 4) is 0 Å². The maximum absolute atomic E-state index is 12.5. The quantitative estimate of drug-likeness (QED) is 0.340. The largest absolute Gasteiger partial charge is 0.416 e. The number of alkyl halides is 3. The fourth-order valence-corrected chi connectivity index (χ4v) is 1.96. The van der Waals surface area contributed by atoms with Crippen molar-refractivity contribution >= 4 is 29.2 Å². The number of carbonyl (C=O) groups excluding carboxylic acids is 1. The van der Waals surface area contributed by atoms with Crippen LogP contribution in [-0.4, -0.2) is 10.9 Å². The number of Topliss-reactive ketones (excluding diaryl/α,β-unsaturated/α-hetero) is 1. The number of hydrogen-bond donors (Lipinski definition) is 0. The van der Waals surface area contributed by atoms with Gasteiger partial charge in [0.25, 0.3) is 0 Å². The van der Waals surface area contributed by atoms with Gasteiger partial charge in [0.1, 0.15) is 5.70 Å². The Morgan fingerprint density at radius 2 is 1.65 bits per heavy atom. The molecule has 116 valence electrons. The number of thiocarbonyl (C=S) groups is 1. The molecule has 0 saturated heterocycles. The number of carbonyl (C=O) groups is 1. The van der Waals surface area contributed by atoms with E-state index >= 15 is 0 Å². The summed E-state index contributed by atoms with van der Waals surface area (Å²) < 4.78 is 37.6. The maximum Gasteiger partial charge on any atom is 0.416 e. The molecule has 2 rings (SSSR count). The molecule has 0 heterocycles. The standard InChI is InChI=1S/C17H10F3NOS/c18-17(19,20)14-8-6-12(7-9-14)10-15(21-11-23)16(22)13-4-2-1-3-5-13/h1-10H/b15-10-. The summed E-state index contributed by atoms with van der Waals surface area (Å²) in [4.78, 5) is 16.1. The molecule has 0 atom stereocenters. The Kier molecular flexibility index (Phi) is 5.21. The first-order valence-electron chi connectivity index (χ1n) is 6.48. The van der Waals surface area contributed by atoms with Crippen LogP contribution in [0.2, 0.25) is 0 Å². The third-order valence-corrected chi connectivity index (χ3v) is 3.07. The zero-order chi connectivity index (χ0) is 16.9. The van der Waals surface area contributed by atoms with Gasteiger partial charge in [-0.05, 0) is 36.0 Å². The Morgan fingerprint density at radius 3 is 2.17 bits per heavy atom. The van der Waals surface area contributed by atoms with E-state index in [2.05, 4.69) is 22.4 Å². The van der Waals surface area contributed by atoms with E-state index in [9.17, 15) is 18.0 Å². The highest BCUT2D eigenvalue weighted by atomic mass is 32.1. The number of rotatable bonds is 4. The molecular weight excluding hydrogens is 323 g/mol. The molecule has 0 saturated carbocycles. The van der Waals surface area contributed by atoms with Crippen LogP contribution in [0.4, 0.5) is 13.2 Å². The smallest absolute Gasteiger partial charge is 0.287 e. The predicted octanol–water partition coefficient (Wildman–Crippen LogP) is 5.03. The molecular formula is C17H10F3NOS. The van der Waals surface area contributed by atoms with Gasteiger partial charge in [0.15, 0.2) is 0 Å². The molecule has 2 nitrogen and oxygen atoms in total. The molecule has 0 unspecified atom stereocenters. The van der Waals surface area contributed by atoms with E-state index in [4.69, 9.17) is 0 Å². The first kappa shape index (κ1) is 16.8. The fraction of sp³-hybridized carbons (Fsp3) is 0.0588. The summed E-state index contributed by atoms with van der Waals surface area (Å²) in [5, 5.41) is 2.11. The molecule has 0 aliphatic carbocycles. The Bertz CT molecular complexity index is 774. The SMILES string of the molecule is O=C(/C(=C/c1ccc(C(F)(F)F)cc1)N=C=S)c1ccccc1. The Labute approximate surface area is 136 Å². The highest BCUT2D eigenvalue weighted by Crippen LogP contribution is 2.29. The molecule has 6 heteroatoms. The molecule has 0 N–H and O–H groups in total. The highest BCUT2D eigenvalue weighted by molar-refractivity contribution is 7.78. The molecule has 0 spiro atoms. The van der Waals surface area contributed by atoms with Crippen LogP contribution < -0.4 is 0 Å². The Morgan fingerprint density at radius 1 is 1.04 bits per heavy atom. The molecule has 23 heavy (non-hydrogen) atoms. The van der Waals surface area contributed by atoms with Crippen LogP contribution in [-0.2, 0) is 6.18 Å². The summed E-state index contributed by atoms with van der Waals surface area (Å²) in [7, 11) is 0. The minimum atomic E-state index is -4.41. The molecule has 0 aromatic heterocycles. The zero-order valence-corrected chi connectivity index (χ0v) is 12.5. The van der Waals surface area contributed by atoms with Crippen molar-refractivity contribution in [2.24, 2.45) is 4.99 Å². The molecule has 0 aliphatic heterocycles. The molecule has 0 aliphatic rings. The molecule has 2 aromatic carbocycles. The fourth-order valence-electron chi connectivity index (χ4n) is 1.86. The molecule has 0 bridgehead atoms. The van der Waals surface area contributed by atoms with Crippen molar-refractivity contribution in [1.29, 1.82) is 0 Å². The van der Waals surface area contributed by atoms with E-state index in [0.717, 1.165) is 12.1 Å². The summed E-state index contributed by atoms with van der Waals surface area (Å²) in [5.74, 6) is -0.386. The first-order valence-corrected chi connectivity index (χ1v) is 6.89. The Balaban J connectivity index is 2.36. The number of hydrogen-bond acceptors (Lipinski definition) is 3. The van der Waals surface area contributed by atoms with E-state index in [1.165, 1.54) is 18.2 Å². The van der Waals surface area contributed by atoms with Crippen molar-refractivity contribution in [3.05, 3.63) is 77.0 Å². The van der Waals surface area contributed by atoms with Gasteiger partial charge in [0, 0.05) is 5.56 Å². The third-order valence-electron chi connectivity index (χ3n) is 2.98. The summed E-state index contributed by atoms with van der Waals surface area (Å²) >= 11 is 4.52. The third kappa shape index (κ3) is 4.45. The lowest BCUT2D eigenvalue weighted by molar-refractivity contribution is -0.137. The van der Waals surface area contributed by atoms with Crippen molar-refractivity contribution in [1.82, 2.24) is 0 Å². The van der Waals surface area contributed by atoms with Crippen molar-refractivity contribution in [3.63, 3.8) is 0 Å². The van der Waals surface area contributed by atoms with Gasteiger partial charge in [-0.3, -0.25) is 4.79 Å². The summed E-state index contributed by atoms with van der Waals surface area (Å²) in [6.45, 7) is 0. The van der Waals surface area contributed by atoms with Crippen LogP contribution in [0, 0.1) is 0 Å². The van der Waals surface area contributed by atoms with Crippen LogP contribution in [0.5, 0.6) is 0 Å². The van der Waals surface area contributed by atoms with Gasteiger partial charge in [-0.1, -0.05) is 42.5 Å². The topological polar surface area (TPSA) is 29.4 Å². The van der Waals surface area contributed by atoms with E-state index < -0.39 is 11.7 Å². The lowest BCUT2D eigenvalue weighted by Crippen LogP contribution is -2.04. The number of benzene rings is 2. The second-order valence-electron chi connectivity index (χ2n) is 4.55. The monoisotopic (exact) mass is 333 g/mol. The van der Waals surface area contributed by atoms with E-state index in [0.29, 0.717) is 11.1 Å².